The number of nitrogens with zero attached hydrogens (tertiary/aromatic N) is 1. The van der Waals surface area contributed by atoms with Gasteiger partial charge in [0.2, 0.25) is 5.91 Å². The van der Waals surface area contributed by atoms with Crippen LogP contribution in [-0.2, 0) is 11.3 Å². The van der Waals surface area contributed by atoms with Crippen molar-refractivity contribution in [3.8, 4) is 0 Å². The SMILES string of the molecule is O=C(CSc1cn(Cc2ccc(F)cc2)c2ccccc12)NC1CCCCC1. The molecule has 2 aromatic carbocycles. The molecule has 1 aliphatic carbocycles. The standard InChI is InChI=1S/C23H25FN2OS/c24-18-12-10-17(11-13-18)14-26-15-22(20-8-4-5-9-21(20)26)28-16-23(27)25-19-6-2-1-3-7-19/h4-5,8-13,15,19H,1-3,6-7,14,16H2,(H,25,27). The van der Waals surface area contributed by atoms with Crippen LogP contribution in [0, 0.1) is 5.82 Å². The summed E-state index contributed by atoms with van der Waals surface area (Å²) in [4.78, 5) is 13.5. The molecule has 3 aromatic rings. The van der Waals surface area contributed by atoms with E-state index in [0.717, 1.165) is 34.2 Å². The van der Waals surface area contributed by atoms with Crippen molar-refractivity contribution in [2.75, 3.05) is 5.75 Å². The fourth-order valence-corrected chi connectivity index (χ4v) is 4.80. The monoisotopic (exact) mass is 396 g/mol. The molecule has 4 rings (SSSR count). The number of nitrogens with one attached hydrogen (secondary N) is 1. The Labute approximate surface area is 169 Å². The zero-order valence-electron chi connectivity index (χ0n) is 15.9. The molecule has 0 radical (unpaired) electrons. The van der Waals surface area contributed by atoms with E-state index in [1.165, 1.54) is 31.4 Å². The molecule has 0 spiro atoms. The van der Waals surface area contributed by atoms with Crippen molar-refractivity contribution < 1.29 is 9.18 Å². The topological polar surface area (TPSA) is 34.0 Å². The average Bonchev–Trinajstić information content (AvgIpc) is 3.07. The van der Waals surface area contributed by atoms with Crippen molar-refractivity contribution in [3.63, 3.8) is 0 Å². The number of thioether (sulfide) groups is 1. The van der Waals surface area contributed by atoms with Crippen molar-refractivity contribution in [2.45, 2.75) is 49.6 Å². The minimum Gasteiger partial charge on any atom is -0.353 e. The zero-order valence-corrected chi connectivity index (χ0v) is 16.7. The van der Waals surface area contributed by atoms with Crippen molar-refractivity contribution in [1.29, 1.82) is 0 Å². The number of carbonyl (C=O) groups is 1. The molecule has 1 N–H and O–H groups in total. The first kappa shape index (κ1) is 19.1. The Kier molecular flexibility index (Phi) is 6.01. The number of hydrogen-bond donors (Lipinski definition) is 1. The maximum atomic E-state index is 13.2. The van der Waals surface area contributed by atoms with Crippen LogP contribution in [0.25, 0.3) is 10.9 Å². The van der Waals surface area contributed by atoms with E-state index in [9.17, 15) is 9.18 Å². The Morgan fingerprint density at radius 2 is 1.82 bits per heavy atom. The van der Waals surface area contributed by atoms with E-state index in [1.807, 2.05) is 24.3 Å². The molecule has 28 heavy (non-hydrogen) atoms. The minimum atomic E-state index is -0.221. The molecule has 1 saturated carbocycles. The number of fused-ring (bicyclic) bond motifs is 1. The fraction of sp³-hybridized carbons (Fsp3) is 0.348. The molecule has 3 nitrogen and oxygen atoms in total. The lowest BCUT2D eigenvalue weighted by molar-refractivity contribution is -0.119. The van der Waals surface area contributed by atoms with E-state index in [0.29, 0.717) is 18.3 Å². The van der Waals surface area contributed by atoms with Gasteiger partial charge in [-0.2, -0.15) is 0 Å². The highest BCUT2D eigenvalue weighted by Gasteiger charge is 2.16. The van der Waals surface area contributed by atoms with Gasteiger partial charge in [-0.3, -0.25) is 4.79 Å². The van der Waals surface area contributed by atoms with Gasteiger partial charge >= 0.3 is 0 Å². The van der Waals surface area contributed by atoms with Crippen LogP contribution in [0.3, 0.4) is 0 Å². The molecule has 146 valence electrons. The molecule has 0 saturated heterocycles. The third-order valence-electron chi connectivity index (χ3n) is 5.35. The maximum Gasteiger partial charge on any atom is 0.230 e. The molecule has 1 aliphatic rings. The molecule has 1 aromatic heterocycles. The molecular weight excluding hydrogens is 371 g/mol. The van der Waals surface area contributed by atoms with E-state index in [1.54, 1.807) is 11.8 Å². The van der Waals surface area contributed by atoms with Gasteiger partial charge in [0, 0.05) is 34.6 Å². The van der Waals surface area contributed by atoms with Crippen LogP contribution >= 0.6 is 11.8 Å². The number of benzene rings is 2. The van der Waals surface area contributed by atoms with Crippen LogP contribution in [0.4, 0.5) is 4.39 Å². The molecule has 0 aliphatic heterocycles. The quantitative estimate of drug-likeness (QED) is 0.569. The molecule has 1 amide bonds. The Morgan fingerprint density at radius 3 is 2.61 bits per heavy atom. The third kappa shape index (κ3) is 4.58. The highest BCUT2D eigenvalue weighted by atomic mass is 32.2. The van der Waals surface area contributed by atoms with Gasteiger partial charge in [0.05, 0.1) is 5.75 Å². The normalized spacial score (nSPS) is 15.0. The number of rotatable bonds is 6. The number of para-hydroxylation sites is 1. The Balaban J connectivity index is 1.46. The first-order chi connectivity index (χ1) is 13.7. The lowest BCUT2D eigenvalue weighted by Gasteiger charge is -2.22. The average molecular weight is 397 g/mol. The summed E-state index contributed by atoms with van der Waals surface area (Å²) >= 11 is 1.59. The highest BCUT2D eigenvalue weighted by molar-refractivity contribution is 8.00. The summed E-state index contributed by atoms with van der Waals surface area (Å²) in [5.41, 5.74) is 2.18. The van der Waals surface area contributed by atoms with Crippen LogP contribution in [0.2, 0.25) is 0 Å². The summed E-state index contributed by atoms with van der Waals surface area (Å²) in [5.74, 6) is 0.328. The Morgan fingerprint density at radius 1 is 1.07 bits per heavy atom. The van der Waals surface area contributed by atoms with Crippen molar-refractivity contribution in [3.05, 3.63) is 66.1 Å². The second-order valence-electron chi connectivity index (χ2n) is 7.46. The van der Waals surface area contributed by atoms with E-state index in [-0.39, 0.29) is 11.7 Å². The maximum absolute atomic E-state index is 13.2. The van der Waals surface area contributed by atoms with E-state index in [4.69, 9.17) is 0 Å². The lowest BCUT2D eigenvalue weighted by Crippen LogP contribution is -2.37. The van der Waals surface area contributed by atoms with Gasteiger partial charge in [0.15, 0.2) is 0 Å². The first-order valence-electron chi connectivity index (χ1n) is 9.93. The van der Waals surface area contributed by atoms with Crippen molar-refractivity contribution in [2.24, 2.45) is 0 Å². The van der Waals surface area contributed by atoms with Crippen LogP contribution in [0.1, 0.15) is 37.7 Å². The van der Waals surface area contributed by atoms with Gasteiger partial charge in [-0.25, -0.2) is 4.39 Å². The van der Waals surface area contributed by atoms with Crippen LogP contribution in [0.15, 0.2) is 59.6 Å². The largest absolute Gasteiger partial charge is 0.353 e. The number of aromatic nitrogens is 1. The van der Waals surface area contributed by atoms with Crippen molar-refractivity contribution in [1.82, 2.24) is 9.88 Å². The highest BCUT2D eigenvalue weighted by Crippen LogP contribution is 2.30. The predicted molar refractivity (Wildman–Crippen MR) is 113 cm³/mol. The molecule has 1 heterocycles. The summed E-state index contributed by atoms with van der Waals surface area (Å²) in [6.45, 7) is 0.676. The van der Waals surface area contributed by atoms with Crippen molar-refractivity contribution >= 4 is 28.6 Å². The molecule has 0 unspecified atom stereocenters. The van der Waals surface area contributed by atoms with Gasteiger partial charge in [0.25, 0.3) is 0 Å². The number of amides is 1. The molecule has 0 atom stereocenters. The second-order valence-corrected chi connectivity index (χ2v) is 8.47. The fourth-order valence-electron chi connectivity index (χ4n) is 3.90. The first-order valence-corrected chi connectivity index (χ1v) is 10.9. The van der Waals surface area contributed by atoms with Gasteiger partial charge in [-0.15, -0.1) is 11.8 Å². The summed E-state index contributed by atoms with van der Waals surface area (Å²) < 4.78 is 15.3. The predicted octanol–water partition coefficient (Wildman–Crippen LogP) is 5.37. The summed E-state index contributed by atoms with van der Waals surface area (Å²) in [6, 6.07) is 15.2. The van der Waals surface area contributed by atoms with Gasteiger partial charge in [-0.1, -0.05) is 49.6 Å². The van der Waals surface area contributed by atoms with Crippen LogP contribution < -0.4 is 5.32 Å². The minimum absolute atomic E-state index is 0.118. The molecule has 0 bridgehead atoms. The smallest absolute Gasteiger partial charge is 0.230 e. The number of halogens is 1. The summed E-state index contributed by atoms with van der Waals surface area (Å²) in [7, 11) is 0. The second kappa shape index (κ2) is 8.82. The number of carbonyl (C=O) groups excluding carboxylic acids is 1. The molecular formula is C23H25FN2OS. The van der Waals surface area contributed by atoms with E-state index < -0.39 is 0 Å². The van der Waals surface area contributed by atoms with Gasteiger partial charge in [0.1, 0.15) is 5.82 Å². The van der Waals surface area contributed by atoms with E-state index in [2.05, 4.69) is 28.2 Å². The Bertz CT molecular complexity index is 945. The number of hydrogen-bond acceptors (Lipinski definition) is 2. The van der Waals surface area contributed by atoms with Gasteiger partial charge < -0.3 is 9.88 Å². The third-order valence-corrected chi connectivity index (χ3v) is 6.39. The zero-order chi connectivity index (χ0) is 19.3. The summed E-state index contributed by atoms with van der Waals surface area (Å²) in [6.07, 6.45) is 8.03. The van der Waals surface area contributed by atoms with Crippen LogP contribution in [-0.4, -0.2) is 22.3 Å². The van der Waals surface area contributed by atoms with Gasteiger partial charge in [-0.05, 0) is 36.6 Å². The van der Waals surface area contributed by atoms with E-state index >= 15 is 0 Å². The molecule has 1 fully saturated rings. The lowest BCUT2D eigenvalue weighted by atomic mass is 9.95. The van der Waals surface area contributed by atoms with Crippen LogP contribution in [0.5, 0.6) is 0 Å². The molecule has 5 heteroatoms. The summed E-state index contributed by atoms with van der Waals surface area (Å²) in [5, 5.41) is 4.34. The Hall–Kier alpha value is -2.27.